The number of sulfonamides is 1. The summed E-state index contributed by atoms with van der Waals surface area (Å²) in [6.07, 6.45) is 0. The number of nitrogens with zero attached hydrogens (tertiary/aromatic N) is 1. The number of carbonyl (C=O) groups excluding carboxylic acids is 1. The highest BCUT2D eigenvalue weighted by Gasteiger charge is 2.27. The molecule has 0 aliphatic heterocycles. The van der Waals surface area contributed by atoms with Gasteiger partial charge in [0.15, 0.2) is 0 Å². The molecule has 0 radical (unpaired) electrons. The van der Waals surface area contributed by atoms with Crippen LogP contribution in [0.1, 0.15) is 24.1 Å². The number of ether oxygens (including phenoxy) is 1. The largest absolute Gasteiger partial charge is 0.497 e. The fraction of sp³-hybridized carbons (Fsp3) is 0.208. The van der Waals surface area contributed by atoms with Crippen molar-refractivity contribution in [3.63, 3.8) is 0 Å². The molecule has 0 unspecified atom stereocenters. The zero-order valence-corrected chi connectivity index (χ0v) is 19.4. The lowest BCUT2D eigenvalue weighted by molar-refractivity contribution is -0.122. The van der Waals surface area contributed by atoms with E-state index in [-0.39, 0.29) is 24.0 Å². The zero-order valence-electron chi connectivity index (χ0n) is 17.9. The molecular weight excluding hydrogens is 448 g/mol. The van der Waals surface area contributed by atoms with Gasteiger partial charge in [0.2, 0.25) is 15.9 Å². The van der Waals surface area contributed by atoms with E-state index in [1.54, 1.807) is 7.11 Å². The Morgan fingerprint density at radius 2 is 1.62 bits per heavy atom. The van der Waals surface area contributed by atoms with Crippen molar-refractivity contribution in [1.82, 2.24) is 9.62 Å². The molecule has 3 rings (SSSR count). The van der Waals surface area contributed by atoms with Gasteiger partial charge in [-0.2, -0.15) is 4.31 Å². The molecule has 0 saturated carbocycles. The van der Waals surface area contributed by atoms with Gasteiger partial charge in [-0.15, -0.1) is 0 Å². The van der Waals surface area contributed by atoms with Crippen molar-refractivity contribution in [2.24, 2.45) is 0 Å². The van der Waals surface area contributed by atoms with Crippen molar-refractivity contribution < 1.29 is 17.9 Å². The van der Waals surface area contributed by atoms with E-state index in [1.807, 2.05) is 61.5 Å². The Kier molecular flexibility index (Phi) is 7.90. The second kappa shape index (κ2) is 10.6. The van der Waals surface area contributed by atoms with Gasteiger partial charge >= 0.3 is 0 Å². The molecule has 0 fully saturated rings. The number of carbonyl (C=O) groups is 1. The van der Waals surface area contributed by atoms with Crippen LogP contribution in [-0.4, -0.2) is 32.3 Å². The lowest BCUT2D eigenvalue weighted by Crippen LogP contribution is -2.41. The summed E-state index contributed by atoms with van der Waals surface area (Å²) in [6, 6.07) is 22.1. The Hall–Kier alpha value is -2.87. The summed E-state index contributed by atoms with van der Waals surface area (Å²) in [5.74, 6) is 0.317. The first kappa shape index (κ1) is 23.8. The van der Waals surface area contributed by atoms with E-state index in [2.05, 4.69) is 5.32 Å². The van der Waals surface area contributed by atoms with Crippen LogP contribution in [0.25, 0.3) is 0 Å². The molecule has 0 aliphatic carbocycles. The molecule has 168 valence electrons. The molecule has 3 aromatic rings. The molecule has 1 atom stereocenters. The molecule has 0 aromatic heterocycles. The molecule has 0 saturated heterocycles. The second-order valence-electron chi connectivity index (χ2n) is 7.27. The maximum absolute atomic E-state index is 13.3. The van der Waals surface area contributed by atoms with Crippen LogP contribution in [0.5, 0.6) is 5.75 Å². The molecule has 0 heterocycles. The number of hydrogen-bond donors (Lipinski definition) is 1. The lowest BCUT2D eigenvalue weighted by Gasteiger charge is -2.23. The topological polar surface area (TPSA) is 75.7 Å². The smallest absolute Gasteiger partial charge is 0.243 e. The van der Waals surface area contributed by atoms with Gasteiger partial charge in [-0.1, -0.05) is 54.1 Å². The summed E-state index contributed by atoms with van der Waals surface area (Å²) in [5.41, 5.74) is 1.66. The SMILES string of the molecule is COc1ccc([C@@H](C)NC(=O)CN(Cc2ccccc2)S(=O)(=O)c2ccc(Cl)cc2)cc1. The minimum atomic E-state index is -3.92. The Balaban J connectivity index is 1.79. The van der Waals surface area contributed by atoms with E-state index in [0.717, 1.165) is 16.9 Å². The molecule has 1 amide bonds. The van der Waals surface area contributed by atoms with Crippen molar-refractivity contribution in [3.8, 4) is 5.75 Å². The van der Waals surface area contributed by atoms with Crippen molar-refractivity contribution >= 4 is 27.5 Å². The standard InChI is InChI=1S/C24H25ClN2O4S/c1-18(20-8-12-22(31-2)13-9-20)26-24(28)17-27(16-19-6-4-3-5-7-19)32(29,30)23-14-10-21(25)11-15-23/h3-15,18H,16-17H2,1-2H3,(H,26,28)/t18-/m1/s1. The highest BCUT2D eigenvalue weighted by Crippen LogP contribution is 2.21. The van der Waals surface area contributed by atoms with Gasteiger partial charge < -0.3 is 10.1 Å². The number of benzene rings is 3. The summed E-state index contributed by atoms with van der Waals surface area (Å²) in [6.45, 7) is 1.59. The molecule has 1 N–H and O–H groups in total. The molecule has 0 aliphatic rings. The second-order valence-corrected chi connectivity index (χ2v) is 9.65. The van der Waals surface area contributed by atoms with Gasteiger partial charge in [-0.05, 0) is 54.4 Å². The van der Waals surface area contributed by atoms with E-state index in [0.29, 0.717) is 5.02 Å². The average Bonchev–Trinajstić information content (AvgIpc) is 2.79. The number of halogens is 1. The number of hydrogen-bond acceptors (Lipinski definition) is 4. The van der Waals surface area contributed by atoms with E-state index < -0.39 is 15.9 Å². The minimum Gasteiger partial charge on any atom is -0.497 e. The van der Waals surface area contributed by atoms with Crippen LogP contribution in [0.2, 0.25) is 5.02 Å². The van der Waals surface area contributed by atoms with Gasteiger partial charge in [0.25, 0.3) is 0 Å². The summed E-state index contributed by atoms with van der Waals surface area (Å²) < 4.78 is 32.9. The van der Waals surface area contributed by atoms with Crippen LogP contribution < -0.4 is 10.1 Å². The molecule has 3 aromatic carbocycles. The highest BCUT2D eigenvalue weighted by molar-refractivity contribution is 7.89. The first-order valence-electron chi connectivity index (χ1n) is 10.0. The summed E-state index contributed by atoms with van der Waals surface area (Å²) in [5, 5.41) is 3.31. The molecule has 6 nitrogen and oxygen atoms in total. The number of rotatable bonds is 9. The van der Waals surface area contributed by atoms with Crippen LogP contribution in [0.3, 0.4) is 0 Å². The van der Waals surface area contributed by atoms with Crippen molar-refractivity contribution in [2.45, 2.75) is 24.4 Å². The third-order valence-corrected chi connectivity index (χ3v) is 7.02. The Labute approximate surface area is 193 Å². The average molecular weight is 473 g/mol. The third kappa shape index (κ3) is 6.09. The maximum Gasteiger partial charge on any atom is 0.243 e. The summed E-state index contributed by atoms with van der Waals surface area (Å²) >= 11 is 5.91. The van der Waals surface area contributed by atoms with E-state index in [4.69, 9.17) is 16.3 Å². The highest BCUT2D eigenvalue weighted by atomic mass is 35.5. The van der Waals surface area contributed by atoms with Crippen LogP contribution >= 0.6 is 11.6 Å². The van der Waals surface area contributed by atoms with Gasteiger partial charge in [0.1, 0.15) is 5.75 Å². The molecule has 0 spiro atoms. The number of amides is 1. The van der Waals surface area contributed by atoms with E-state index in [1.165, 1.54) is 28.6 Å². The van der Waals surface area contributed by atoms with E-state index in [9.17, 15) is 13.2 Å². The minimum absolute atomic E-state index is 0.0656. The Morgan fingerprint density at radius 1 is 1.00 bits per heavy atom. The van der Waals surface area contributed by atoms with Crippen LogP contribution in [0, 0.1) is 0 Å². The monoisotopic (exact) mass is 472 g/mol. The molecule has 32 heavy (non-hydrogen) atoms. The normalized spacial score (nSPS) is 12.4. The van der Waals surface area contributed by atoms with Gasteiger partial charge in [-0.3, -0.25) is 4.79 Å². The van der Waals surface area contributed by atoms with Gasteiger partial charge in [-0.25, -0.2) is 8.42 Å². The predicted molar refractivity (Wildman–Crippen MR) is 125 cm³/mol. The van der Waals surface area contributed by atoms with Gasteiger partial charge in [0.05, 0.1) is 24.6 Å². The zero-order chi connectivity index (χ0) is 23.1. The van der Waals surface area contributed by atoms with Crippen molar-refractivity contribution in [2.75, 3.05) is 13.7 Å². The van der Waals surface area contributed by atoms with Crippen LogP contribution in [0.4, 0.5) is 0 Å². The van der Waals surface area contributed by atoms with Crippen LogP contribution in [0.15, 0.2) is 83.8 Å². The number of methoxy groups -OCH3 is 1. The van der Waals surface area contributed by atoms with Crippen LogP contribution in [-0.2, 0) is 21.4 Å². The molecular formula is C24H25ClN2O4S. The Bertz CT molecular complexity index is 1130. The fourth-order valence-corrected chi connectivity index (χ4v) is 4.70. The van der Waals surface area contributed by atoms with E-state index >= 15 is 0 Å². The van der Waals surface area contributed by atoms with Gasteiger partial charge in [0, 0.05) is 11.6 Å². The third-order valence-electron chi connectivity index (χ3n) is 4.97. The lowest BCUT2D eigenvalue weighted by atomic mass is 10.1. The summed E-state index contributed by atoms with van der Waals surface area (Å²) in [7, 11) is -2.34. The van der Waals surface area contributed by atoms with Crippen molar-refractivity contribution in [3.05, 3.63) is 95.0 Å². The first-order chi connectivity index (χ1) is 15.3. The molecule has 8 heteroatoms. The Morgan fingerprint density at radius 3 is 2.22 bits per heavy atom. The predicted octanol–water partition coefficient (Wildman–Crippen LogP) is 4.42. The fourth-order valence-electron chi connectivity index (χ4n) is 3.19. The van der Waals surface area contributed by atoms with Crippen molar-refractivity contribution in [1.29, 1.82) is 0 Å². The molecule has 0 bridgehead atoms. The number of nitrogens with one attached hydrogen (secondary N) is 1. The quantitative estimate of drug-likeness (QED) is 0.500. The first-order valence-corrected chi connectivity index (χ1v) is 11.8. The maximum atomic E-state index is 13.3. The summed E-state index contributed by atoms with van der Waals surface area (Å²) in [4.78, 5) is 12.9.